The van der Waals surface area contributed by atoms with E-state index in [1.54, 1.807) is 0 Å². The van der Waals surface area contributed by atoms with Gasteiger partial charge in [-0.05, 0) is 49.6 Å². The summed E-state index contributed by atoms with van der Waals surface area (Å²) in [5, 5.41) is 0. The summed E-state index contributed by atoms with van der Waals surface area (Å²) in [5.74, 6) is 1.87. The molecule has 0 aromatic heterocycles. The second-order valence-corrected chi connectivity index (χ2v) is 4.14. The quantitative estimate of drug-likeness (QED) is 0.716. The van der Waals surface area contributed by atoms with Crippen LogP contribution in [0.4, 0.5) is 0 Å². The first-order chi connectivity index (χ1) is 7.66. The van der Waals surface area contributed by atoms with Crippen LogP contribution in [-0.2, 0) is 0 Å². The molecule has 0 unspecified atom stereocenters. The molecule has 0 spiro atoms. The Morgan fingerprint density at radius 2 is 1.44 bits per heavy atom. The molecule has 2 rings (SSSR count). The van der Waals surface area contributed by atoms with E-state index in [9.17, 15) is 0 Å². The van der Waals surface area contributed by atoms with Crippen LogP contribution in [0.2, 0.25) is 0 Å². The van der Waals surface area contributed by atoms with E-state index in [1.165, 1.54) is 5.56 Å². The molecule has 0 amide bonds. The van der Waals surface area contributed by atoms with Gasteiger partial charge in [-0.2, -0.15) is 0 Å². The molecule has 0 saturated heterocycles. The zero-order valence-corrected chi connectivity index (χ0v) is 9.95. The van der Waals surface area contributed by atoms with Crippen LogP contribution in [0, 0.1) is 20.8 Å². The van der Waals surface area contributed by atoms with Crippen molar-refractivity contribution in [3.05, 3.63) is 59.2 Å². The SMILES string of the molecule is Cc1ccc(C)c(Oc2ccccc2C)c1. The molecule has 0 aliphatic rings. The molecule has 0 atom stereocenters. The van der Waals surface area contributed by atoms with E-state index in [0.29, 0.717) is 0 Å². The minimum atomic E-state index is 0.927. The van der Waals surface area contributed by atoms with Crippen LogP contribution in [0.15, 0.2) is 42.5 Å². The average molecular weight is 212 g/mol. The summed E-state index contributed by atoms with van der Waals surface area (Å²) in [6.07, 6.45) is 0. The van der Waals surface area contributed by atoms with Crippen molar-refractivity contribution >= 4 is 0 Å². The highest BCUT2D eigenvalue weighted by molar-refractivity contribution is 5.42. The van der Waals surface area contributed by atoms with Crippen molar-refractivity contribution in [2.75, 3.05) is 0 Å². The van der Waals surface area contributed by atoms with Gasteiger partial charge in [0, 0.05) is 0 Å². The minimum Gasteiger partial charge on any atom is -0.457 e. The second kappa shape index (κ2) is 4.40. The maximum Gasteiger partial charge on any atom is 0.130 e. The Bertz CT molecular complexity index is 501. The van der Waals surface area contributed by atoms with Crippen molar-refractivity contribution < 1.29 is 4.74 Å². The van der Waals surface area contributed by atoms with Gasteiger partial charge in [0.05, 0.1) is 0 Å². The number of hydrogen-bond acceptors (Lipinski definition) is 1. The molecular formula is C15H16O. The molecule has 0 N–H and O–H groups in total. The summed E-state index contributed by atoms with van der Waals surface area (Å²) < 4.78 is 5.92. The van der Waals surface area contributed by atoms with E-state index in [2.05, 4.69) is 45.0 Å². The Labute approximate surface area is 96.7 Å². The zero-order valence-electron chi connectivity index (χ0n) is 9.95. The van der Waals surface area contributed by atoms with Crippen molar-refractivity contribution in [3.63, 3.8) is 0 Å². The molecule has 2 aromatic carbocycles. The third kappa shape index (κ3) is 2.25. The lowest BCUT2D eigenvalue weighted by Crippen LogP contribution is -1.90. The predicted octanol–water partition coefficient (Wildman–Crippen LogP) is 4.40. The molecule has 0 heterocycles. The van der Waals surface area contributed by atoms with Gasteiger partial charge in [-0.3, -0.25) is 0 Å². The van der Waals surface area contributed by atoms with E-state index in [4.69, 9.17) is 4.74 Å². The standard InChI is InChI=1S/C15H16O/c1-11-8-9-13(3)15(10-11)16-14-7-5-4-6-12(14)2/h4-10H,1-3H3. The lowest BCUT2D eigenvalue weighted by atomic mass is 10.1. The molecule has 1 heteroatoms. The zero-order chi connectivity index (χ0) is 11.5. The van der Waals surface area contributed by atoms with Crippen LogP contribution in [0.5, 0.6) is 11.5 Å². The summed E-state index contributed by atoms with van der Waals surface area (Å²) in [4.78, 5) is 0. The van der Waals surface area contributed by atoms with Gasteiger partial charge in [-0.15, -0.1) is 0 Å². The van der Waals surface area contributed by atoms with Gasteiger partial charge in [-0.25, -0.2) is 0 Å². The Morgan fingerprint density at radius 1 is 0.750 bits per heavy atom. The largest absolute Gasteiger partial charge is 0.457 e. The van der Waals surface area contributed by atoms with E-state index < -0.39 is 0 Å². The third-order valence-corrected chi connectivity index (χ3v) is 2.66. The lowest BCUT2D eigenvalue weighted by Gasteiger charge is -2.11. The number of hydrogen-bond donors (Lipinski definition) is 0. The normalized spacial score (nSPS) is 10.2. The fourth-order valence-electron chi connectivity index (χ4n) is 1.61. The highest BCUT2D eigenvalue weighted by atomic mass is 16.5. The summed E-state index contributed by atoms with van der Waals surface area (Å²) in [7, 11) is 0. The van der Waals surface area contributed by atoms with E-state index in [0.717, 1.165) is 22.6 Å². The molecule has 0 fully saturated rings. The van der Waals surface area contributed by atoms with Gasteiger partial charge in [-0.1, -0.05) is 30.3 Å². The smallest absolute Gasteiger partial charge is 0.130 e. The fraction of sp³-hybridized carbons (Fsp3) is 0.200. The van der Waals surface area contributed by atoms with Crippen molar-refractivity contribution in [2.45, 2.75) is 20.8 Å². The van der Waals surface area contributed by atoms with Gasteiger partial charge in [0.15, 0.2) is 0 Å². The van der Waals surface area contributed by atoms with Gasteiger partial charge >= 0.3 is 0 Å². The molecule has 0 radical (unpaired) electrons. The van der Waals surface area contributed by atoms with Crippen molar-refractivity contribution in [2.24, 2.45) is 0 Å². The number of ether oxygens (including phenoxy) is 1. The molecule has 0 aliphatic carbocycles. The first-order valence-corrected chi connectivity index (χ1v) is 5.47. The lowest BCUT2D eigenvalue weighted by molar-refractivity contribution is 0.475. The first-order valence-electron chi connectivity index (χ1n) is 5.47. The van der Waals surface area contributed by atoms with Crippen LogP contribution in [0.25, 0.3) is 0 Å². The van der Waals surface area contributed by atoms with E-state index in [-0.39, 0.29) is 0 Å². The summed E-state index contributed by atoms with van der Waals surface area (Å²) in [5.41, 5.74) is 3.53. The molecule has 2 aromatic rings. The maximum absolute atomic E-state index is 5.92. The summed E-state index contributed by atoms with van der Waals surface area (Å²) in [6.45, 7) is 6.19. The van der Waals surface area contributed by atoms with Crippen LogP contribution in [-0.4, -0.2) is 0 Å². The van der Waals surface area contributed by atoms with E-state index >= 15 is 0 Å². The molecule has 82 valence electrons. The van der Waals surface area contributed by atoms with Gasteiger partial charge in [0.2, 0.25) is 0 Å². The Morgan fingerprint density at radius 3 is 2.19 bits per heavy atom. The fourth-order valence-corrected chi connectivity index (χ4v) is 1.61. The maximum atomic E-state index is 5.92. The molecule has 16 heavy (non-hydrogen) atoms. The Kier molecular flexibility index (Phi) is 2.95. The molecule has 1 nitrogen and oxygen atoms in total. The minimum absolute atomic E-state index is 0.927. The highest BCUT2D eigenvalue weighted by Gasteiger charge is 2.03. The Hall–Kier alpha value is -1.76. The first kappa shape index (κ1) is 10.7. The summed E-state index contributed by atoms with van der Waals surface area (Å²) in [6, 6.07) is 14.3. The van der Waals surface area contributed by atoms with Crippen LogP contribution < -0.4 is 4.74 Å². The van der Waals surface area contributed by atoms with Crippen LogP contribution in [0.3, 0.4) is 0 Å². The number of rotatable bonds is 2. The number of aryl methyl sites for hydroxylation is 3. The van der Waals surface area contributed by atoms with Crippen LogP contribution >= 0.6 is 0 Å². The van der Waals surface area contributed by atoms with Crippen molar-refractivity contribution in [1.82, 2.24) is 0 Å². The van der Waals surface area contributed by atoms with Crippen molar-refractivity contribution in [3.8, 4) is 11.5 Å². The second-order valence-electron chi connectivity index (χ2n) is 4.14. The topological polar surface area (TPSA) is 9.23 Å². The van der Waals surface area contributed by atoms with Gasteiger partial charge in [0.25, 0.3) is 0 Å². The summed E-state index contributed by atoms with van der Waals surface area (Å²) >= 11 is 0. The molecule has 0 bridgehead atoms. The predicted molar refractivity (Wildman–Crippen MR) is 67.2 cm³/mol. The highest BCUT2D eigenvalue weighted by Crippen LogP contribution is 2.27. The number of benzene rings is 2. The van der Waals surface area contributed by atoms with E-state index in [1.807, 2.05) is 18.2 Å². The molecular weight excluding hydrogens is 196 g/mol. The number of para-hydroxylation sites is 1. The third-order valence-electron chi connectivity index (χ3n) is 2.66. The Balaban J connectivity index is 2.34. The monoisotopic (exact) mass is 212 g/mol. The molecule has 0 saturated carbocycles. The average Bonchev–Trinajstić information content (AvgIpc) is 2.27. The van der Waals surface area contributed by atoms with Gasteiger partial charge < -0.3 is 4.74 Å². The van der Waals surface area contributed by atoms with Gasteiger partial charge in [0.1, 0.15) is 11.5 Å². The molecule has 0 aliphatic heterocycles. The van der Waals surface area contributed by atoms with Crippen LogP contribution in [0.1, 0.15) is 16.7 Å². The van der Waals surface area contributed by atoms with Crippen molar-refractivity contribution in [1.29, 1.82) is 0 Å².